The molecule has 2 nitrogen and oxygen atoms in total. The number of rotatable bonds is 1. The van der Waals surface area contributed by atoms with Crippen molar-refractivity contribution in [2.24, 2.45) is 0 Å². The van der Waals surface area contributed by atoms with Gasteiger partial charge in [-0.2, -0.15) is 0 Å². The molecule has 1 amide bonds. The molecule has 0 aromatic heterocycles. The first kappa shape index (κ1) is 12.0. The van der Waals surface area contributed by atoms with E-state index in [9.17, 15) is 4.79 Å². The number of fused-ring (bicyclic) bond motifs is 3. The van der Waals surface area contributed by atoms with Crippen molar-refractivity contribution in [1.82, 2.24) is 4.90 Å². The van der Waals surface area contributed by atoms with Crippen LogP contribution in [0.5, 0.6) is 0 Å². The summed E-state index contributed by atoms with van der Waals surface area (Å²) in [6.45, 7) is 2.93. The largest absolute Gasteiger partial charge is 0.315 e. The third-order valence-corrected chi connectivity index (χ3v) is 5.66. The Labute approximate surface area is 122 Å². The molecule has 1 fully saturated rings. The highest BCUT2D eigenvalue weighted by molar-refractivity contribution is 8.00. The molecule has 20 heavy (non-hydrogen) atoms. The fourth-order valence-electron chi connectivity index (χ4n) is 3.35. The van der Waals surface area contributed by atoms with Crippen molar-refractivity contribution in [2.75, 3.05) is 12.3 Å². The van der Waals surface area contributed by atoms with Crippen LogP contribution in [0.2, 0.25) is 0 Å². The van der Waals surface area contributed by atoms with Crippen LogP contribution in [0.4, 0.5) is 0 Å². The standard InChI is InChI=1S/C17H15NOS/c1-12-5-4-6-13(11-12)17-15-8-3-2-7-14(15)16(19)18(17)9-10-20-17/h2-8,11H,9-10H2,1H3. The number of nitrogens with zero attached hydrogens (tertiary/aromatic N) is 1. The second kappa shape index (κ2) is 4.13. The van der Waals surface area contributed by atoms with Gasteiger partial charge in [0.05, 0.1) is 0 Å². The lowest BCUT2D eigenvalue weighted by molar-refractivity contribution is 0.0752. The van der Waals surface area contributed by atoms with Gasteiger partial charge in [0.1, 0.15) is 4.87 Å². The van der Waals surface area contributed by atoms with E-state index in [-0.39, 0.29) is 10.8 Å². The molecule has 0 aliphatic carbocycles. The van der Waals surface area contributed by atoms with Crippen LogP contribution in [-0.2, 0) is 4.87 Å². The van der Waals surface area contributed by atoms with E-state index < -0.39 is 0 Å². The minimum atomic E-state index is -0.306. The molecule has 2 aromatic rings. The van der Waals surface area contributed by atoms with Crippen molar-refractivity contribution in [1.29, 1.82) is 0 Å². The van der Waals surface area contributed by atoms with E-state index in [4.69, 9.17) is 0 Å². The second-order valence-corrected chi connectivity index (χ2v) is 6.65. The summed E-state index contributed by atoms with van der Waals surface area (Å²) in [5, 5.41) is 0. The normalized spacial score (nSPS) is 23.9. The van der Waals surface area contributed by atoms with Crippen LogP contribution >= 0.6 is 11.8 Å². The third-order valence-electron chi connectivity index (χ3n) is 4.18. The number of carbonyl (C=O) groups is 1. The van der Waals surface area contributed by atoms with E-state index in [2.05, 4.69) is 37.3 Å². The molecule has 0 N–H and O–H groups in total. The molecule has 0 spiro atoms. The minimum Gasteiger partial charge on any atom is -0.315 e. The van der Waals surface area contributed by atoms with Crippen molar-refractivity contribution >= 4 is 17.7 Å². The summed E-state index contributed by atoms with van der Waals surface area (Å²) in [6, 6.07) is 16.6. The van der Waals surface area contributed by atoms with E-state index in [1.54, 1.807) is 0 Å². The number of benzene rings is 2. The number of hydrogen-bond donors (Lipinski definition) is 0. The van der Waals surface area contributed by atoms with E-state index in [1.807, 2.05) is 34.9 Å². The Balaban J connectivity index is 2.01. The molecule has 2 aromatic carbocycles. The lowest BCUT2D eigenvalue weighted by Gasteiger charge is -2.32. The van der Waals surface area contributed by atoms with Gasteiger partial charge in [-0.15, -0.1) is 11.8 Å². The zero-order chi connectivity index (χ0) is 13.7. The molecule has 100 valence electrons. The van der Waals surface area contributed by atoms with E-state index in [1.165, 1.54) is 11.1 Å². The number of hydrogen-bond acceptors (Lipinski definition) is 2. The van der Waals surface area contributed by atoms with Gasteiger partial charge in [-0.25, -0.2) is 0 Å². The summed E-state index contributed by atoms with van der Waals surface area (Å²) in [5.74, 6) is 1.17. The summed E-state index contributed by atoms with van der Waals surface area (Å²) < 4.78 is 0. The summed E-state index contributed by atoms with van der Waals surface area (Å²) in [5.41, 5.74) is 4.47. The Bertz CT molecular complexity index is 712. The molecule has 2 heterocycles. The average Bonchev–Trinajstić information content (AvgIpc) is 3.00. The fourth-order valence-corrected chi connectivity index (χ4v) is 4.88. The van der Waals surface area contributed by atoms with Crippen molar-refractivity contribution in [3.05, 3.63) is 70.8 Å². The summed E-state index contributed by atoms with van der Waals surface area (Å²) in [4.78, 5) is 14.4. The SMILES string of the molecule is Cc1cccc(C23SCCN2C(=O)c2ccccc23)c1. The van der Waals surface area contributed by atoms with Gasteiger partial charge in [0.25, 0.3) is 5.91 Å². The molecule has 1 unspecified atom stereocenters. The van der Waals surface area contributed by atoms with E-state index in [0.717, 1.165) is 23.4 Å². The molecule has 1 saturated heterocycles. The van der Waals surface area contributed by atoms with Gasteiger partial charge in [0.15, 0.2) is 0 Å². The highest BCUT2D eigenvalue weighted by Crippen LogP contribution is 2.55. The Hall–Kier alpha value is -1.74. The highest BCUT2D eigenvalue weighted by Gasteiger charge is 2.54. The van der Waals surface area contributed by atoms with Gasteiger partial charge in [0, 0.05) is 23.4 Å². The van der Waals surface area contributed by atoms with Gasteiger partial charge in [-0.05, 0) is 18.6 Å². The van der Waals surface area contributed by atoms with Crippen LogP contribution in [0.15, 0.2) is 48.5 Å². The Morgan fingerprint density at radius 2 is 2.00 bits per heavy atom. The fraction of sp³-hybridized carbons (Fsp3) is 0.235. The predicted octanol–water partition coefficient (Wildman–Crippen LogP) is 3.40. The first-order valence-corrected chi connectivity index (χ1v) is 7.84. The third kappa shape index (κ3) is 1.39. The molecule has 0 saturated carbocycles. The van der Waals surface area contributed by atoms with Gasteiger partial charge in [-0.3, -0.25) is 4.79 Å². The number of aryl methyl sites for hydroxylation is 1. The van der Waals surface area contributed by atoms with Crippen molar-refractivity contribution < 1.29 is 4.79 Å². The van der Waals surface area contributed by atoms with E-state index >= 15 is 0 Å². The molecular weight excluding hydrogens is 266 g/mol. The summed E-state index contributed by atoms with van der Waals surface area (Å²) in [7, 11) is 0. The van der Waals surface area contributed by atoms with Gasteiger partial charge in [-0.1, -0.05) is 48.0 Å². The van der Waals surface area contributed by atoms with Crippen LogP contribution < -0.4 is 0 Å². The van der Waals surface area contributed by atoms with Crippen LogP contribution in [0.25, 0.3) is 0 Å². The molecule has 0 radical (unpaired) electrons. The lowest BCUT2D eigenvalue weighted by Crippen LogP contribution is -2.37. The molecule has 2 aliphatic rings. The van der Waals surface area contributed by atoms with E-state index in [0.29, 0.717) is 0 Å². The predicted molar refractivity (Wildman–Crippen MR) is 81.9 cm³/mol. The molecule has 1 atom stereocenters. The zero-order valence-corrected chi connectivity index (χ0v) is 12.1. The van der Waals surface area contributed by atoms with Crippen LogP contribution in [-0.4, -0.2) is 23.1 Å². The van der Waals surface area contributed by atoms with Crippen LogP contribution in [0, 0.1) is 6.92 Å². The summed E-state index contributed by atoms with van der Waals surface area (Å²) in [6.07, 6.45) is 0. The van der Waals surface area contributed by atoms with Crippen LogP contribution in [0.1, 0.15) is 27.0 Å². The maximum atomic E-state index is 12.7. The van der Waals surface area contributed by atoms with Crippen LogP contribution in [0.3, 0.4) is 0 Å². The second-order valence-electron chi connectivity index (χ2n) is 5.36. The number of amides is 1. The first-order valence-electron chi connectivity index (χ1n) is 6.86. The molecule has 3 heteroatoms. The number of carbonyl (C=O) groups excluding carboxylic acids is 1. The van der Waals surface area contributed by atoms with Gasteiger partial charge < -0.3 is 4.90 Å². The highest BCUT2D eigenvalue weighted by atomic mass is 32.2. The smallest absolute Gasteiger partial charge is 0.255 e. The molecular formula is C17H15NOS. The average molecular weight is 281 g/mol. The first-order chi connectivity index (χ1) is 9.73. The van der Waals surface area contributed by atoms with Crippen molar-refractivity contribution in [2.45, 2.75) is 11.8 Å². The van der Waals surface area contributed by atoms with Crippen molar-refractivity contribution in [3.8, 4) is 0 Å². The zero-order valence-electron chi connectivity index (χ0n) is 11.3. The Morgan fingerprint density at radius 1 is 1.15 bits per heavy atom. The lowest BCUT2D eigenvalue weighted by atomic mass is 9.96. The maximum absolute atomic E-state index is 12.7. The Morgan fingerprint density at radius 3 is 2.85 bits per heavy atom. The molecule has 2 aliphatic heterocycles. The molecule has 4 rings (SSSR count). The minimum absolute atomic E-state index is 0.173. The number of thioether (sulfide) groups is 1. The van der Waals surface area contributed by atoms with Crippen molar-refractivity contribution in [3.63, 3.8) is 0 Å². The molecule has 0 bridgehead atoms. The Kier molecular flexibility index (Phi) is 2.48. The van der Waals surface area contributed by atoms with Gasteiger partial charge in [0.2, 0.25) is 0 Å². The maximum Gasteiger partial charge on any atom is 0.255 e. The topological polar surface area (TPSA) is 20.3 Å². The monoisotopic (exact) mass is 281 g/mol. The summed E-state index contributed by atoms with van der Waals surface area (Å²) >= 11 is 1.87. The van der Waals surface area contributed by atoms with Gasteiger partial charge >= 0.3 is 0 Å². The quantitative estimate of drug-likeness (QED) is 0.798.